The zero-order valence-corrected chi connectivity index (χ0v) is 11.5. The molecule has 2 aliphatic rings. The zero-order chi connectivity index (χ0) is 12.8. The van der Waals surface area contributed by atoms with Crippen LogP contribution in [0.15, 0.2) is 0 Å². The Morgan fingerprint density at radius 3 is 2.44 bits per heavy atom. The normalized spacial score (nSPS) is 32.3. The summed E-state index contributed by atoms with van der Waals surface area (Å²) < 4.78 is 5.87. The molecule has 2 rings (SSSR count). The molecule has 0 saturated heterocycles. The van der Waals surface area contributed by atoms with E-state index in [0.29, 0.717) is 6.61 Å². The van der Waals surface area contributed by atoms with E-state index in [1.54, 1.807) is 0 Å². The SMILES string of the molecule is NC1CCCCCC1OCC(O)CC1CCCC1. The van der Waals surface area contributed by atoms with Crippen molar-refractivity contribution in [2.75, 3.05) is 6.61 Å². The van der Waals surface area contributed by atoms with Crippen LogP contribution in [0.2, 0.25) is 0 Å². The zero-order valence-electron chi connectivity index (χ0n) is 11.5. The van der Waals surface area contributed by atoms with Crippen molar-refractivity contribution in [2.45, 2.75) is 82.5 Å². The third-order valence-electron chi connectivity index (χ3n) is 4.59. The predicted molar refractivity (Wildman–Crippen MR) is 73.4 cm³/mol. The molecule has 2 saturated carbocycles. The van der Waals surface area contributed by atoms with Crippen molar-refractivity contribution < 1.29 is 9.84 Å². The first kappa shape index (κ1) is 14.3. The molecule has 3 N–H and O–H groups in total. The van der Waals surface area contributed by atoms with Gasteiger partial charge in [0.2, 0.25) is 0 Å². The number of rotatable bonds is 5. The third-order valence-corrected chi connectivity index (χ3v) is 4.59. The van der Waals surface area contributed by atoms with Crippen molar-refractivity contribution in [2.24, 2.45) is 11.7 Å². The van der Waals surface area contributed by atoms with E-state index in [0.717, 1.165) is 25.2 Å². The molecule has 0 aromatic rings. The minimum atomic E-state index is -0.288. The maximum absolute atomic E-state index is 10.0. The minimum absolute atomic E-state index is 0.172. The summed E-state index contributed by atoms with van der Waals surface area (Å²) in [6, 6.07) is 0.172. The highest BCUT2D eigenvalue weighted by atomic mass is 16.5. The second kappa shape index (κ2) is 7.46. The van der Waals surface area contributed by atoms with Gasteiger partial charge in [0, 0.05) is 6.04 Å². The molecule has 0 radical (unpaired) electrons. The van der Waals surface area contributed by atoms with Gasteiger partial charge in [-0.2, -0.15) is 0 Å². The smallest absolute Gasteiger partial charge is 0.0776 e. The second-order valence-corrected chi connectivity index (χ2v) is 6.21. The average molecular weight is 255 g/mol. The maximum Gasteiger partial charge on any atom is 0.0776 e. The molecule has 18 heavy (non-hydrogen) atoms. The molecule has 106 valence electrons. The van der Waals surface area contributed by atoms with Crippen molar-refractivity contribution in [3.8, 4) is 0 Å². The monoisotopic (exact) mass is 255 g/mol. The average Bonchev–Trinajstić information content (AvgIpc) is 2.76. The molecule has 3 nitrogen and oxygen atoms in total. The number of ether oxygens (including phenoxy) is 1. The molecule has 3 heteroatoms. The lowest BCUT2D eigenvalue weighted by molar-refractivity contribution is -0.0289. The highest BCUT2D eigenvalue weighted by Gasteiger charge is 2.23. The number of aliphatic hydroxyl groups is 1. The molecular formula is C15H29NO2. The molecule has 3 unspecified atom stereocenters. The highest BCUT2D eigenvalue weighted by Crippen LogP contribution is 2.29. The first-order valence-electron chi connectivity index (χ1n) is 7.81. The lowest BCUT2D eigenvalue weighted by Crippen LogP contribution is -2.37. The summed E-state index contributed by atoms with van der Waals surface area (Å²) in [7, 11) is 0. The van der Waals surface area contributed by atoms with E-state index in [2.05, 4.69) is 0 Å². The number of nitrogens with two attached hydrogens (primary N) is 1. The molecule has 3 atom stereocenters. The van der Waals surface area contributed by atoms with Gasteiger partial charge in [0.1, 0.15) is 0 Å². The summed E-state index contributed by atoms with van der Waals surface area (Å²) in [5, 5.41) is 10.0. The first-order valence-corrected chi connectivity index (χ1v) is 7.81. The van der Waals surface area contributed by atoms with E-state index in [9.17, 15) is 5.11 Å². The molecule has 2 aliphatic carbocycles. The number of aliphatic hydroxyl groups excluding tert-OH is 1. The second-order valence-electron chi connectivity index (χ2n) is 6.21. The van der Waals surface area contributed by atoms with E-state index in [4.69, 9.17) is 10.5 Å². The molecule has 0 aromatic carbocycles. The fraction of sp³-hybridized carbons (Fsp3) is 1.00. The van der Waals surface area contributed by atoms with Gasteiger partial charge in [0.05, 0.1) is 18.8 Å². The van der Waals surface area contributed by atoms with Crippen LogP contribution in [0, 0.1) is 5.92 Å². The largest absolute Gasteiger partial charge is 0.391 e. The molecule has 0 bridgehead atoms. The van der Waals surface area contributed by atoms with Gasteiger partial charge in [0.25, 0.3) is 0 Å². The Morgan fingerprint density at radius 1 is 1.00 bits per heavy atom. The van der Waals surface area contributed by atoms with Crippen molar-refractivity contribution >= 4 is 0 Å². The van der Waals surface area contributed by atoms with E-state index >= 15 is 0 Å². The minimum Gasteiger partial charge on any atom is -0.391 e. The van der Waals surface area contributed by atoms with Gasteiger partial charge in [-0.1, -0.05) is 44.9 Å². The van der Waals surface area contributed by atoms with Crippen LogP contribution in [0.3, 0.4) is 0 Å². The van der Waals surface area contributed by atoms with Crippen molar-refractivity contribution in [3.05, 3.63) is 0 Å². The van der Waals surface area contributed by atoms with Gasteiger partial charge in [-0.05, 0) is 25.2 Å². The van der Waals surface area contributed by atoms with E-state index in [1.807, 2.05) is 0 Å². The van der Waals surface area contributed by atoms with Crippen molar-refractivity contribution in [1.29, 1.82) is 0 Å². The lowest BCUT2D eigenvalue weighted by Gasteiger charge is -2.24. The van der Waals surface area contributed by atoms with Gasteiger partial charge in [0.15, 0.2) is 0 Å². The fourth-order valence-electron chi connectivity index (χ4n) is 3.44. The van der Waals surface area contributed by atoms with Crippen molar-refractivity contribution in [3.63, 3.8) is 0 Å². The van der Waals surface area contributed by atoms with Crippen LogP contribution in [-0.2, 0) is 4.74 Å². The van der Waals surface area contributed by atoms with Gasteiger partial charge in [-0.15, -0.1) is 0 Å². The van der Waals surface area contributed by atoms with E-state index < -0.39 is 0 Å². The predicted octanol–water partition coefficient (Wildman–Crippen LogP) is 2.60. The standard InChI is InChI=1S/C15H29NO2/c16-14-8-2-1-3-9-15(14)18-11-13(17)10-12-6-4-5-7-12/h12-15,17H,1-11,16H2. The number of hydrogen-bond acceptors (Lipinski definition) is 3. The summed E-state index contributed by atoms with van der Waals surface area (Å²) in [4.78, 5) is 0. The van der Waals surface area contributed by atoms with Gasteiger partial charge in [-0.3, -0.25) is 0 Å². The van der Waals surface area contributed by atoms with Gasteiger partial charge in [-0.25, -0.2) is 0 Å². The first-order chi connectivity index (χ1) is 8.75. The lowest BCUT2D eigenvalue weighted by atomic mass is 10.0. The van der Waals surface area contributed by atoms with Crippen LogP contribution in [-0.4, -0.2) is 30.0 Å². The molecule has 0 heterocycles. The van der Waals surface area contributed by atoms with Crippen molar-refractivity contribution in [1.82, 2.24) is 0 Å². The summed E-state index contributed by atoms with van der Waals surface area (Å²) in [6.07, 6.45) is 11.9. The Balaban J connectivity index is 1.65. The Morgan fingerprint density at radius 2 is 1.67 bits per heavy atom. The Bertz CT molecular complexity index is 229. The molecule has 0 amide bonds. The fourth-order valence-corrected chi connectivity index (χ4v) is 3.44. The van der Waals surface area contributed by atoms with Crippen LogP contribution < -0.4 is 5.73 Å². The molecule has 0 aliphatic heterocycles. The van der Waals surface area contributed by atoms with Crippen LogP contribution in [0.1, 0.15) is 64.2 Å². The highest BCUT2D eigenvalue weighted by molar-refractivity contribution is 4.78. The summed E-state index contributed by atoms with van der Waals surface area (Å²) >= 11 is 0. The molecule has 0 spiro atoms. The van der Waals surface area contributed by atoms with Crippen LogP contribution in [0.4, 0.5) is 0 Å². The molecule has 2 fully saturated rings. The Labute approximate surface area is 111 Å². The Kier molecular flexibility index (Phi) is 5.93. The van der Waals surface area contributed by atoms with E-state index in [-0.39, 0.29) is 18.2 Å². The topological polar surface area (TPSA) is 55.5 Å². The van der Waals surface area contributed by atoms with Crippen LogP contribution in [0.5, 0.6) is 0 Å². The van der Waals surface area contributed by atoms with E-state index in [1.165, 1.54) is 44.9 Å². The van der Waals surface area contributed by atoms with Crippen LogP contribution >= 0.6 is 0 Å². The summed E-state index contributed by atoms with van der Waals surface area (Å²) in [5.74, 6) is 0.728. The van der Waals surface area contributed by atoms with Gasteiger partial charge < -0.3 is 15.6 Å². The Hall–Kier alpha value is -0.120. The molecular weight excluding hydrogens is 226 g/mol. The quantitative estimate of drug-likeness (QED) is 0.742. The van der Waals surface area contributed by atoms with Gasteiger partial charge >= 0.3 is 0 Å². The maximum atomic E-state index is 10.0. The summed E-state index contributed by atoms with van der Waals surface area (Å²) in [5.41, 5.74) is 6.12. The summed E-state index contributed by atoms with van der Waals surface area (Å²) in [6.45, 7) is 0.481. The third kappa shape index (κ3) is 4.52. The molecule has 0 aromatic heterocycles. The number of hydrogen-bond donors (Lipinski definition) is 2. The van der Waals surface area contributed by atoms with Crippen LogP contribution in [0.25, 0.3) is 0 Å².